The van der Waals surface area contributed by atoms with Crippen LogP contribution >= 0.6 is 15.9 Å². The van der Waals surface area contributed by atoms with Crippen molar-refractivity contribution >= 4 is 21.6 Å². The Morgan fingerprint density at radius 2 is 2.24 bits per heavy atom. The monoisotopic (exact) mass is 351 g/mol. The molecule has 1 aliphatic heterocycles. The summed E-state index contributed by atoms with van der Waals surface area (Å²) in [6.45, 7) is 4.92. The summed E-state index contributed by atoms with van der Waals surface area (Å²) >= 11 is 3.40. The SMILES string of the molecule is CC1(C)CC(n2nnnc2-c2ccc(Br)c(N)c2)CCO1. The molecule has 7 heteroatoms. The average molecular weight is 352 g/mol. The van der Waals surface area contributed by atoms with E-state index in [2.05, 4.69) is 45.3 Å². The topological polar surface area (TPSA) is 78.9 Å². The molecule has 0 aliphatic carbocycles. The van der Waals surface area contributed by atoms with Gasteiger partial charge in [0.25, 0.3) is 0 Å². The Bertz CT molecular complexity index is 655. The molecule has 1 aromatic heterocycles. The molecule has 0 bridgehead atoms. The molecule has 1 unspecified atom stereocenters. The van der Waals surface area contributed by atoms with Crippen molar-refractivity contribution in [1.29, 1.82) is 0 Å². The predicted octanol–water partition coefficient (Wildman–Crippen LogP) is 2.81. The second kappa shape index (κ2) is 5.38. The summed E-state index contributed by atoms with van der Waals surface area (Å²) in [6.07, 6.45) is 1.80. The number of rotatable bonds is 2. The summed E-state index contributed by atoms with van der Waals surface area (Å²) in [5, 5.41) is 12.2. The predicted molar refractivity (Wildman–Crippen MR) is 83.7 cm³/mol. The van der Waals surface area contributed by atoms with Crippen molar-refractivity contribution in [3.63, 3.8) is 0 Å². The first-order valence-electron chi connectivity index (χ1n) is 6.93. The Morgan fingerprint density at radius 1 is 1.43 bits per heavy atom. The van der Waals surface area contributed by atoms with Gasteiger partial charge in [-0.2, -0.15) is 0 Å². The van der Waals surface area contributed by atoms with Crippen LogP contribution in [0, 0.1) is 0 Å². The van der Waals surface area contributed by atoms with Crippen LogP contribution in [-0.4, -0.2) is 32.4 Å². The Labute approximate surface area is 131 Å². The number of tetrazole rings is 1. The maximum Gasteiger partial charge on any atom is 0.182 e. The first-order chi connectivity index (χ1) is 9.96. The summed E-state index contributed by atoms with van der Waals surface area (Å²) in [6, 6.07) is 6.00. The summed E-state index contributed by atoms with van der Waals surface area (Å²) in [4.78, 5) is 0. The van der Waals surface area contributed by atoms with Gasteiger partial charge >= 0.3 is 0 Å². The molecule has 21 heavy (non-hydrogen) atoms. The molecule has 1 fully saturated rings. The van der Waals surface area contributed by atoms with Crippen LogP contribution < -0.4 is 5.73 Å². The summed E-state index contributed by atoms with van der Waals surface area (Å²) in [5.41, 5.74) is 7.40. The quantitative estimate of drug-likeness (QED) is 0.841. The first-order valence-corrected chi connectivity index (χ1v) is 7.73. The van der Waals surface area contributed by atoms with Gasteiger partial charge in [0.1, 0.15) is 0 Å². The molecule has 0 spiro atoms. The molecule has 3 rings (SSSR count). The summed E-state index contributed by atoms with van der Waals surface area (Å²) in [5.74, 6) is 0.747. The number of hydrogen-bond donors (Lipinski definition) is 1. The summed E-state index contributed by atoms with van der Waals surface area (Å²) in [7, 11) is 0. The highest BCUT2D eigenvalue weighted by Crippen LogP contribution is 2.34. The number of nitrogens with two attached hydrogens (primary N) is 1. The Kier molecular flexibility index (Phi) is 3.71. The third kappa shape index (κ3) is 2.94. The van der Waals surface area contributed by atoms with Crippen LogP contribution in [0.15, 0.2) is 22.7 Å². The normalized spacial score (nSPS) is 21.4. The highest BCUT2D eigenvalue weighted by Gasteiger charge is 2.32. The Balaban J connectivity index is 1.95. The van der Waals surface area contributed by atoms with Gasteiger partial charge in [-0.25, -0.2) is 4.68 Å². The Hall–Kier alpha value is -1.47. The zero-order valence-corrected chi connectivity index (χ0v) is 13.7. The van der Waals surface area contributed by atoms with E-state index in [0.29, 0.717) is 5.69 Å². The molecule has 2 N–H and O–H groups in total. The minimum atomic E-state index is -0.148. The van der Waals surface area contributed by atoms with Crippen molar-refractivity contribution in [3.05, 3.63) is 22.7 Å². The first kappa shape index (κ1) is 14.5. The van der Waals surface area contributed by atoms with E-state index >= 15 is 0 Å². The molecule has 0 amide bonds. The van der Waals surface area contributed by atoms with Crippen molar-refractivity contribution < 1.29 is 4.74 Å². The fourth-order valence-electron chi connectivity index (χ4n) is 2.72. The molecule has 2 aromatic rings. The van der Waals surface area contributed by atoms with Crippen LogP contribution in [-0.2, 0) is 4.74 Å². The molecule has 1 aliphatic rings. The van der Waals surface area contributed by atoms with Gasteiger partial charge < -0.3 is 10.5 Å². The lowest BCUT2D eigenvalue weighted by Crippen LogP contribution is -2.35. The van der Waals surface area contributed by atoms with Crippen LogP contribution in [0.2, 0.25) is 0 Å². The molecule has 0 radical (unpaired) electrons. The Morgan fingerprint density at radius 3 is 2.95 bits per heavy atom. The van der Waals surface area contributed by atoms with Gasteiger partial charge in [-0.05, 0) is 71.2 Å². The van der Waals surface area contributed by atoms with Crippen LogP contribution in [0.4, 0.5) is 5.69 Å². The molecule has 2 heterocycles. The van der Waals surface area contributed by atoms with Gasteiger partial charge in [-0.1, -0.05) is 0 Å². The van der Waals surface area contributed by atoms with E-state index in [1.807, 2.05) is 22.9 Å². The maximum absolute atomic E-state index is 5.95. The third-order valence-corrected chi connectivity index (χ3v) is 4.49. The number of anilines is 1. The molecular weight excluding hydrogens is 334 g/mol. The van der Waals surface area contributed by atoms with Crippen molar-refractivity contribution in [3.8, 4) is 11.4 Å². The van der Waals surface area contributed by atoms with Crippen molar-refractivity contribution in [2.45, 2.75) is 38.3 Å². The molecule has 1 saturated heterocycles. The molecule has 112 valence electrons. The summed E-state index contributed by atoms with van der Waals surface area (Å²) < 4.78 is 8.53. The van der Waals surface area contributed by atoms with Crippen molar-refractivity contribution in [1.82, 2.24) is 20.2 Å². The smallest absolute Gasteiger partial charge is 0.182 e. The van der Waals surface area contributed by atoms with E-state index in [4.69, 9.17) is 10.5 Å². The molecule has 1 atom stereocenters. The van der Waals surface area contributed by atoms with Crippen molar-refractivity contribution in [2.24, 2.45) is 0 Å². The number of benzene rings is 1. The van der Waals surface area contributed by atoms with Gasteiger partial charge in [0.15, 0.2) is 5.82 Å². The standard InChI is InChI=1S/C14H18BrN5O/c1-14(2)8-10(5-6-21-14)20-13(17-18-19-20)9-3-4-11(15)12(16)7-9/h3-4,7,10H,5-6,8,16H2,1-2H3. The number of ether oxygens (including phenoxy) is 1. The largest absolute Gasteiger partial charge is 0.398 e. The number of aromatic nitrogens is 4. The van der Waals surface area contributed by atoms with E-state index in [0.717, 1.165) is 35.3 Å². The highest BCUT2D eigenvalue weighted by molar-refractivity contribution is 9.10. The lowest BCUT2D eigenvalue weighted by Gasteiger charge is -2.35. The molecular formula is C14H18BrN5O. The number of halogens is 1. The van der Waals surface area contributed by atoms with Gasteiger partial charge in [0, 0.05) is 22.3 Å². The number of nitrogen functional groups attached to an aromatic ring is 1. The third-order valence-electron chi connectivity index (χ3n) is 3.76. The fraction of sp³-hybridized carbons (Fsp3) is 0.500. The second-order valence-electron chi connectivity index (χ2n) is 5.94. The number of nitrogens with zero attached hydrogens (tertiary/aromatic N) is 4. The second-order valence-corrected chi connectivity index (χ2v) is 6.79. The molecule has 1 aromatic carbocycles. The number of hydrogen-bond acceptors (Lipinski definition) is 5. The zero-order valence-electron chi connectivity index (χ0n) is 12.1. The lowest BCUT2D eigenvalue weighted by molar-refractivity contribution is -0.0707. The lowest BCUT2D eigenvalue weighted by atomic mass is 9.94. The van der Waals surface area contributed by atoms with E-state index in [-0.39, 0.29) is 11.6 Å². The van der Waals surface area contributed by atoms with Gasteiger partial charge in [-0.3, -0.25) is 0 Å². The van der Waals surface area contributed by atoms with Crippen LogP contribution in [0.1, 0.15) is 32.7 Å². The average Bonchev–Trinajstić information content (AvgIpc) is 2.90. The van der Waals surface area contributed by atoms with Crippen LogP contribution in [0.3, 0.4) is 0 Å². The van der Waals surface area contributed by atoms with Crippen molar-refractivity contribution in [2.75, 3.05) is 12.3 Å². The zero-order chi connectivity index (χ0) is 15.0. The van der Waals surface area contributed by atoms with E-state index in [1.165, 1.54) is 0 Å². The molecule has 6 nitrogen and oxygen atoms in total. The van der Waals surface area contributed by atoms with Gasteiger partial charge in [0.2, 0.25) is 0 Å². The highest BCUT2D eigenvalue weighted by atomic mass is 79.9. The van der Waals surface area contributed by atoms with Crippen LogP contribution in [0.5, 0.6) is 0 Å². The van der Waals surface area contributed by atoms with Gasteiger partial charge in [-0.15, -0.1) is 5.10 Å². The maximum atomic E-state index is 5.95. The van der Waals surface area contributed by atoms with Gasteiger partial charge in [0.05, 0.1) is 11.6 Å². The van der Waals surface area contributed by atoms with Crippen LogP contribution in [0.25, 0.3) is 11.4 Å². The fourth-order valence-corrected chi connectivity index (χ4v) is 2.97. The van der Waals surface area contributed by atoms with E-state index in [9.17, 15) is 0 Å². The minimum absolute atomic E-state index is 0.148. The van der Waals surface area contributed by atoms with E-state index < -0.39 is 0 Å². The minimum Gasteiger partial charge on any atom is -0.398 e. The molecule has 0 saturated carbocycles. The van der Waals surface area contributed by atoms with E-state index in [1.54, 1.807) is 0 Å².